The quantitative estimate of drug-likeness (QED) is 0.346. The Morgan fingerprint density at radius 3 is 2.34 bits per heavy atom. The lowest BCUT2D eigenvalue weighted by molar-refractivity contribution is -0.140. The molecule has 0 radical (unpaired) electrons. The van der Waals surface area contributed by atoms with Crippen molar-refractivity contribution in [2.75, 3.05) is 42.6 Å². The molecule has 2 fully saturated rings. The van der Waals surface area contributed by atoms with Crippen molar-refractivity contribution in [2.45, 2.75) is 57.8 Å². The first-order valence-corrected chi connectivity index (χ1v) is 15.7. The molecular weight excluding hydrogens is 558 g/mol. The number of ether oxygens (including phenoxy) is 2. The van der Waals surface area contributed by atoms with E-state index in [0.29, 0.717) is 44.8 Å². The highest BCUT2D eigenvalue weighted by molar-refractivity contribution is 6.07. The van der Waals surface area contributed by atoms with E-state index in [9.17, 15) is 19.5 Å². The summed E-state index contributed by atoms with van der Waals surface area (Å²) < 4.78 is 12.4. The van der Waals surface area contributed by atoms with Gasteiger partial charge >= 0.3 is 0 Å². The third-order valence-electron chi connectivity index (χ3n) is 9.38. The zero-order valence-corrected chi connectivity index (χ0v) is 25.6. The Kier molecular flexibility index (Phi) is 8.35. The highest BCUT2D eigenvalue weighted by Crippen LogP contribution is 2.54. The number of aliphatic hydroxyl groups is 1. The largest absolute Gasteiger partial charge is 0.494 e. The van der Waals surface area contributed by atoms with E-state index in [2.05, 4.69) is 0 Å². The van der Waals surface area contributed by atoms with Gasteiger partial charge in [0.15, 0.2) is 0 Å². The highest BCUT2D eigenvalue weighted by atomic mass is 16.5. The molecule has 9 nitrogen and oxygen atoms in total. The van der Waals surface area contributed by atoms with E-state index >= 15 is 0 Å². The predicted octanol–water partition coefficient (Wildman–Crippen LogP) is 3.95. The van der Waals surface area contributed by atoms with Crippen molar-refractivity contribution in [3.8, 4) is 5.75 Å². The molecule has 2 saturated heterocycles. The number of aliphatic hydroxyl groups excluding tert-OH is 1. The Morgan fingerprint density at radius 2 is 1.64 bits per heavy atom. The molecule has 0 aliphatic carbocycles. The molecule has 1 N–H and O–H groups in total. The minimum Gasteiger partial charge on any atom is -0.494 e. The van der Waals surface area contributed by atoms with E-state index in [-0.39, 0.29) is 24.3 Å². The summed E-state index contributed by atoms with van der Waals surface area (Å²) in [4.78, 5) is 48.7. The average molecular weight is 600 g/mol. The predicted molar refractivity (Wildman–Crippen MR) is 168 cm³/mol. The third-order valence-corrected chi connectivity index (χ3v) is 9.38. The molecule has 1 spiro atoms. The van der Waals surface area contributed by atoms with Crippen molar-refractivity contribution in [2.24, 2.45) is 11.8 Å². The van der Waals surface area contributed by atoms with Crippen molar-refractivity contribution < 1.29 is 29.0 Å². The molecule has 2 aromatic carbocycles. The van der Waals surface area contributed by atoms with Gasteiger partial charge in [0.25, 0.3) is 5.91 Å². The Bertz CT molecular complexity index is 1470. The topological polar surface area (TPSA) is 99.6 Å². The van der Waals surface area contributed by atoms with Crippen LogP contribution in [0, 0.1) is 25.7 Å². The Morgan fingerprint density at radius 1 is 0.909 bits per heavy atom. The summed E-state index contributed by atoms with van der Waals surface area (Å²) in [7, 11) is 0. The summed E-state index contributed by atoms with van der Waals surface area (Å²) in [5.74, 6) is -1.56. The molecule has 0 aromatic heterocycles. The maximum Gasteiger partial charge on any atom is 0.253 e. The highest BCUT2D eigenvalue weighted by Gasteiger charge is 2.71. The number of hydrogen-bond acceptors (Lipinski definition) is 6. The second kappa shape index (κ2) is 12.2. The molecule has 232 valence electrons. The number of hydrogen-bond donors (Lipinski definition) is 1. The van der Waals surface area contributed by atoms with E-state index in [1.807, 2.05) is 87.5 Å². The number of carbonyl (C=O) groups is 3. The zero-order chi connectivity index (χ0) is 31.0. The number of anilines is 2. The van der Waals surface area contributed by atoms with Crippen LogP contribution in [-0.4, -0.2) is 78.3 Å². The van der Waals surface area contributed by atoms with Gasteiger partial charge in [0.1, 0.15) is 17.4 Å². The summed E-state index contributed by atoms with van der Waals surface area (Å²) >= 11 is 0. The fourth-order valence-corrected chi connectivity index (χ4v) is 7.50. The molecule has 4 heterocycles. The molecule has 5 atom stereocenters. The molecule has 4 aliphatic heterocycles. The maximum atomic E-state index is 14.7. The Balaban J connectivity index is 1.40. The first kappa shape index (κ1) is 30.1. The van der Waals surface area contributed by atoms with Crippen LogP contribution in [0.2, 0.25) is 0 Å². The van der Waals surface area contributed by atoms with E-state index in [0.717, 1.165) is 29.0 Å². The van der Waals surface area contributed by atoms with Gasteiger partial charge in [-0.25, -0.2) is 0 Å². The standard InChI is InChI=1S/C35H41N3O6/c1-4-43-26-16-14-25(15-17-26)36-20-9-13-27-28(32(36)40)29-33(41)38(19-6-5-7-22-39)31-34(42)37(21-10-18-35(29,31)44-27)30-23(2)11-8-12-24(30)3/h8-18,27-29,31,39H,4-7,19-22H2,1-3H3/t27-,28+,29+,31?,35+/m1/s1. The lowest BCUT2D eigenvalue weighted by Crippen LogP contribution is -2.55. The van der Waals surface area contributed by atoms with Gasteiger partial charge in [-0.15, -0.1) is 0 Å². The molecule has 2 aromatic rings. The molecule has 0 saturated carbocycles. The van der Waals surface area contributed by atoms with Gasteiger partial charge in [-0.2, -0.15) is 0 Å². The lowest BCUT2D eigenvalue weighted by Gasteiger charge is -2.36. The summed E-state index contributed by atoms with van der Waals surface area (Å²) in [5.41, 5.74) is 2.20. The maximum absolute atomic E-state index is 14.7. The molecule has 6 rings (SSSR count). The summed E-state index contributed by atoms with van der Waals surface area (Å²) in [6, 6.07) is 12.4. The van der Waals surface area contributed by atoms with E-state index < -0.39 is 29.6 Å². The van der Waals surface area contributed by atoms with Gasteiger partial charge in [-0.1, -0.05) is 42.5 Å². The van der Waals surface area contributed by atoms with Crippen LogP contribution in [0.4, 0.5) is 11.4 Å². The first-order valence-electron chi connectivity index (χ1n) is 15.7. The van der Waals surface area contributed by atoms with Crippen molar-refractivity contribution in [1.29, 1.82) is 0 Å². The van der Waals surface area contributed by atoms with Crippen molar-refractivity contribution in [3.63, 3.8) is 0 Å². The number of fused-ring (bicyclic) bond motifs is 2. The molecule has 3 amide bonds. The van der Waals surface area contributed by atoms with Gasteiger partial charge in [0, 0.05) is 37.6 Å². The van der Waals surface area contributed by atoms with Crippen molar-refractivity contribution in [1.82, 2.24) is 4.90 Å². The Hall–Kier alpha value is -3.95. The summed E-state index contributed by atoms with van der Waals surface area (Å²) in [5, 5.41) is 9.34. The number of unbranched alkanes of at least 4 members (excludes halogenated alkanes) is 2. The van der Waals surface area contributed by atoms with Gasteiger partial charge in [0.2, 0.25) is 11.8 Å². The van der Waals surface area contributed by atoms with Crippen LogP contribution in [0.1, 0.15) is 37.3 Å². The smallest absolute Gasteiger partial charge is 0.253 e. The average Bonchev–Trinajstić information content (AvgIpc) is 3.32. The van der Waals surface area contributed by atoms with Crippen molar-refractivity contribution >= 4 is 29.1 Å². The Labute approximate surface area is 258 Å². The van der Waals surface area contributed by atoms with E-state index in [1.165, 1.54) is 0 Å². The summed E-state index contributed by atoms with van der Waals surface area (Å²) in [6.07, 6.45) is 8.92. The fraction of sp³-hybridized carbons (Fsp3) is 0.457. The fourth-order valence-electron chi connectivity index (χ4n) is 7.50. The molecule has 4 aliphatic rings. The number of rotatable bonds is 9. The second-order valence-electron chi connectivity index (χ2n) is 12.1. The van der Waals surface area contributed by atoms with Crippen LogP contribution in [0.5, 0.6) is 5.75 Å². The second-order valence-corrected chi connectivity index (χ2v) is 12.1. The van der Waals surface area contributed by atoms with Crippen LogP contribution >= 0.6 is 0 Å². The van der Waals surface area contributed by atoms with E-state index in [1.54, 1.807) is 14.7 Å². The van der Waals surface area contributed by atoms with Gasteiger partial charge in [-0.05, 0) is 75.4 Å². The SMILES string of the molecule is CCOc1ccc(N2CC=C[C@H]3O[C@]45C=CCN(c6c(C)cccc6C)C(=O)C4N(CCCCCO)C(=O)[C@@H]5[C@H]3C2=O)cc1. The third kappa shape index (κ3) is 4.92. The van der Waals surface area contributed by atoms with Gasteiger partial charge in [-0.3, -0.25) is 14.4 Å². The van der Waals surface area contributed by atoms with Crippen LogP contribution < -0.4 is 14.5 Å². The number of amides is 3. The molecule has 44 heavy (non-hydrogen) atoms. The normalized spacial score (nSPS) is 27.7. The molecule has 0 bridgehead atoms. The van der Waals surface area contributed by atoms with Gasteiger partial charge < -0.3 is 29.3 Å². The lowest BCUT2D eigenvalue weighted by atomic mass is 9.77. The molecular formula is C35H41N3O6. The minimum absolute atomic E-state index is 0.0705. The van der Waals surface area contributed by atoms with Crippen LogP contribution in [0.3, 0.4) is 0 Å². The summed E-state index contributed by atoms with van der Waals surface area (Å²) in [6.45, 7) is 7.53. The molecule has 9 heteroatoms. The number of carbonyl (C=O) groups excluding carboxylic acids is 3. The zero-order valence-electron chi connectivity index (χ0n) is 25.6. The monoisotopic (exact) mass is 599 g/mol. The van der Waals surface area contributed by atoms with Crippen LogP contribution in [0.25, 0.3) is 0 Å². The molecule has 1 unspecified atom stereocenters. The van der Waals surface area contributed by atoms with Crippen molar-refractivity contribution in [3.05, 3.63) is 77.9 Å². The number of benzene rings is 2. The van der Waals surface area contributed by atoms with E-state index in [4.69, 9.17) is 9.47 Å². The van der Waals surface area contributed by atoms with Gasteiger partial charge in [0.05, 0.1) is 24.5 Å². The number of nitrogens with zero attached hydrogens (tertiary/aromatic N) is 3. The number of aryl methyl sites for hydroxylation is 2. The van der Waals surface area contributed by atoms with Crippen LogP contribution in [0.15, 0.2) is 66.8 Å². The number of likely N-dealkylation sites (tertiary alicyclic amines) is 1. The number of para-hydroxylation sites is 1. The first-order chi connectivity index (χ1) is 21.3. The van der Waals surface area contributed by atoms with Crippen LogP contribution in [-0.2, 0) is 19.1 Å². The minimum atomic E-state index is -1.28.